The SMILES string of the molecule is CCOC(=O)C1CC(C2CC(C(=O)NC3CNN(Cc4cccc(F)c4)C3)NO2)CN1. The van der Waals surface area contributed by atoms with E-state index in [4.69, 9.17) is 9.57 Å². The van der Waals surface area contributed by atoms with Gasteiger partial charge in [-0.2, -0.15) is 5.48 Å². The topological polar surface area (TPSA) is 104 Å². The molecule has 0 bridgehead atoms. The van der Waals surface area contributed by atoms with Gasteiger partial charge >= 0.3 is 5.97 Å². The van der Waals surface area contributed by atoms with Crippen LogP contribution in [0.1, 0.15) is 25.3 Å². The van der Waals surface area contributed by atoms with Gasteiger partial charge in [-0.3, -0.25) is 19.9 Å². The first-order chi connectivity index (χ1) is 15.0. The summed E-state index contributed by atoms with van der Waals surface area (Å²) in [6, 6.07) is 5.73. The summed E-state index contributed by atoms with van der Waals surface area (Å²) in [6.07, 6.45) is 1.07. The summed E-state index contributed by atoms with van der Waals surface area (Å²) in [7, 11) is 0. The molecule has 10 heteroatoms. The van der Waals surface area contributed by atoms with Crippen LogP contribution in [0, 0.1) is 11.7 Å². The van der Waals surface area contributed by atoms with Crippen molar-refractivity contribution in [2.24, 2.45) is 5.92 Å². The Hall–Kier alpha value is -2.11. The third-order valence-corrected chi connectivity index (χ3v) is 6.02. The molecule has 9 nitrogen and oxygen atoms in total. The minimum absolute atomic E-state index is 0.0387. The predicted molar refractivity (Wildman–Crippen MR) is 110 cm³/mol. The molecule has 3 heterocycles. The fourth-order valence-corrected chi connectivity index (χ4v) is 4.43. The standard InChI is InChI=1S/C21H30FN5O4/c1-2-30-21(29)18-7-14(9-23-18)19-8-17(26-31-19)20(28)25-16-10-24-27(12-16)11-13-4-3-5-15(22)6-13/h3-6,14,16-19,23-24,26H,2,7-12H2,1H3,(H,25,28). The van der Waals surface area contributed by atoms with Gasteiger partial charge in [-0.1, -0.05) is 12.1 Å². The molecule has 0 saturated carbocycles. The van der Waals surface area contributed by atoms with E-state index in [0.29, 0.717) is 45.6 Å². The fourth-order valence-electron chi connectivity index (χ4n) is 4.43. The molecule has 5 atom stereocenters. The van der Waals surface area contributed by atoms with Crippen LogP contribution in [-0.4, -0.2) is 67.4 Å². The minimum atomic E-state index is -0.427. The molecule has 0 aromatic heterocycles. The Labute approximate surface area is 180 Å². The predicted octanol–water partition coefficient (Wildman–Crippen LogP) is -0.166. The van der Waals surface area contributed by atoms with Crippen LogP contribution in [0.5, 0.6) is 0 Å². The van der Waals surface area contributed by atoms with Crippen LogP contribution < -0.4 is 21.5 Å². The van der Waals surface area contributed by atoms with Gasteiger partial charge in [-0.05, 0) is 31.0 Å². The number of rotatable bonds is 7. The number of nitrogens with zero attached hydrogens (tertiary/aromatic N) is 1. The molecule has 3 aliphatic heterocycles. The summed E-state index contributed by atoms with van der Waals surface area (Å²) in [6.45, 7) is 4.62. The molecule has 31 heavy (non-hydrogen) atoms. The van der Waals surface area contributed by atoms with E-state index in [2.05, 4.69) is 21.5 Å². The molecule has 1 amide bonds. The van der Waals surface area contributed by atoms with Crippen molar-refractivity contribution in [2.75, 3.05) is 26.2 Å². The highest BCUT2D eigenvalue weighted by molar-refractivity contribution is 5.82. The van der Waals surface area contributed by atoms with E-state index in [1.807, 2.05) is 11.1 Å². The Morgan fingerprint density at radius 2 is 2.16 bits per heavy atom. The van der Waals surface area contributed by atoms with Crippen molar-refractivity contribution in [1.82, 2.24) is 26.5 Å². The van der Waals surface area contributed by atoms with Gasteiger partial charge in [0.15, 0.2) is 0 Å². The first-order valence-electron chi connectivity index (χ1n) is 10.9. The number of carbonyl (C=O) groups is 2. The van der Waals surface area contributed by atoms with Crippen LogP contribution in [0.3, 0.4) is 0 Å². The average molecular weight is 436 g/mol. The average Bonchev–Trinajstić information content (AvgIpc) is 3.49. The van der Waals surface area contributed by atoms with Crippen molar-refractivity contribution >= 4 is 11.9 Å². The molecule has 1 aromatic rings. The quantitative estimate of drug-likeness (QED) is 0.438. The molecule has 4 N–H and O–H groups in total. The maximum absolute atomic E-state index is 13.4. The van der Waals surface area contributed by atoms with Crippen molar-refractivity contribution < 1.29 is 23.6 Å². The second-order valence-corrected chi connectivity index (χ2v) is 8.35. The van der Waals surface area contributed by atoms with Gasteiger partial charge in [0.1, 0.15) is 17.9 Å². The third-order valence-electron chi connectivity index (χ3n) is 6.02. The number of esters is 1. The van der Waals surface area contributed by atoms with Gasteiger partial charge in [0.25, 0.3) is 0 Å². The number of hydrogen-bond acceptors (Lipinski definition) is 8. The van der Waals surface area contributed by atoms with Gasteiger partial charge in [-0.25, -0.2) is 9.40 Å². The number of hydrazine groups is 1. The molecule has 3 fully saturated rings. The highest BCUT2D eigenvalue weighted by atomic mass is 19.1. The molecule has 3 aliphatic rings. The number of amides is 1. The van der Waals surface area contributed by atoms with Crippen LogP contribution in [0.15, 0.2) is 24.3 Å². The van der Waals surface area contributed by atoms with E-state index in [1.165, 1.54) is 12.1 Å². The van der Waals surface area contributed by atoms with Crippen molar-refractivity contribution in [3.05, 3.63) is 35.6 Å². The summed E-state index contributed by atoms with van der Waals surface area (Å²) >= 11 is 0. The first-order valence-corrected chi connectivity index (χ1v) is 10.9. The zero-order valence-electron chi connectivity index (χ0n) is 17.6. The van der Waals surface area contributed by atoms with E-state index in [9.17, 15) is 14.0 Å². The molecular weight excluding hydrogens is 405 g/mol. The second-order valence-electron chi connectivity index (χ2n) is 8.35. The molecule has 3 saturated heterocycles. The number of carbonyl (C=O) groups excluding carboxylic acids is 2. The second kappa shape index (κ2) is 10.0. The zero-order chi connectivity index (χ0) is 21.8. The molecule has 5 unspecified atom stereocenters. The van der Waals surface area contributed by atoms with Crippen LogP contribution in [0.2, 0.25) is 0 Å². The molecule has 0 radical (unpaired) electrons. The summed E-state index contributed by atoms with van der Waals surface area (Å²) in [5.74, 6) is -0.444. The monoisotopic (exact) mass is 435 g/mol. The normalized spacial score (nSPS) is 31.1. The largest absolute Gasteiger partial charge is 0.465 e. The van der Waals surface area contributed by atoms with E-state index in [1.54, 1.807) is 13.0 Å². The van der Waals surface area contributed by atoms with E-state index in [0.717, 1.165) is 5.56 Å². The summed E-state index contributed by atoms with van der Waals surface area (Å²) < 4.78 is 18.4. The Kier molecular flexibility index (Phi) is 7.13. The van der Waals surface area contributed by atoms with Crippen LogP contribution in [0.25, 0.3) is 0 Å². The van der Waals surface area contributed by atoms with Gasteiger partial charge in [-0.15, -0.1) is 0 Å². The molecule has 4 rings (SSSR count). The Balaban J connectivity index is 1.20. The van der Waals surface area contributed by atoms with Crippen molar-refractivity contribution in [1.29, 1.82) is 0 Å². The summed E-state index contributed by atoms with van der Waals surface area (Å²) in [5.41, 5.74) is 6.97. The van der Waals surface area contributed by atoms with Crippen LogP contribution in [0.4, 0.5) is 4.39 Å². The maximum atomic E-state index is 13.4. The number of halogens is 1. The lowest BCUT2D eigenvalue weighted by molar-refractivity contribution is -0.145. The van der Waals surface area contributed by atoms with Crippen LogP contribution in [-0.2, 0) is 25.7 Å². The Bertz CT molecular complexity index is 797. The lowest BCUT2D eigenvalue weighted by Crippen LogP contribution is -2.46. The Morgan fingerprint density at radius 3 is 2.97 bits per heavy atom. The third kappa shape index (κ3) is 5.58. The zero-order valence-corrected chi connectivity index (χ0v) is 17.6. The molecular formula is C21H30FN5O4. The first kappa shape index (κ1) is 22.1. The van der Waals surface area contributed by atoms with Crippen molar-refractivity contribution in [3.8, 4) is 0 Å². The highest BCUT2D eigenvalue weighted by Crippen LogP contribution is 2.27. The lowest BCUT2D eigenvalue weighted by atomic mass is 9.94. The molecule has 1 aromatic carbocycles. The fraction of sp³-hybridized carbons (Fsp3) is 0.619. The smallest absolute Gasteiger partial charge is 0.323 e. The van der Waals surface area contributed by atoms with E-state index < -0.39 is 6.04 Å². The Morgan fingerprint density at radius 1 is 1.29 bits per heavy atom. The highest BCUT2D eigenvalue weighted by Gasteiger charge is 2.41. The molecule has 0 spiro atoms. The van der Waals surface area contributed by atoms with E-state index >= 15 is 0 Å². The van der Waals surface area contributed by atoms with Crippen molar-refractivity contribution in [2.45, 2.75) is 50.5 Å². The maximum Gasteiger partial charge on any atom is 0.323 e. The molecule has 0 aliphatic carbocycles. The van der Waals surface area contributed by atoms with Gasteiger partial charge < -0.3 is 15.4 Å². The van der Waals surface area contributed by atoms with Gasteiger partial charge in [0.2, 0.25) is 5.91 Å². The summed E-state index contributed by atoms with van der Waals surface area (Å²) in [4.78, 5) is 30.3. The van der Waals surface area contributed by atoms with Gasteiger partial charge in [0.05, 0.1) is 18.8 Å². The lowest BCUT2D eigenvalue weighted by Gasteiger charge is -2.17. The number of hydrogen-bond donors (Lipinski definition) is 4. The molecule has 170 valence electrons. The van der Waals surface area contributed by atoms with Crippen LogP contribution >= 0.6 is 0 Å². The van der Waals surface area contributed by atoms with E-state index in [-0.39, 0.29) is 41.8 Å². The van der Waals surface area contributed by atoms with Crippen molar-refractivity contribution in [3.63, 3.8) is 0 Å². The summed E-state index contributed by atoms with van der Waals surface area (Å²) in [5, 5.41) is 8.21. The number of hydroxylamine groups is 1. The number of benzene rings is 1. The number of nitrogens with one attached hydrogen (secondary N) is 4. The number of ether oxygens (including phenoxy) is 1. The van der Waals surface area contributed by atoms with Gasteiger partial charge in [0, 0.05) is 38.5 Å². The minimum Gasteiger partial charge on any atom is -0.465 e.